The summed E-state index contributed by atoms with van der Waals surface area (Å²) in [6, 6.07) is 7.56. The highest BCUT2D eigenvalue weighted by Gasteiger charge is 2.77. The fourth-order valence-electron chi connectivity index (χ4n) is 2.62. The number of hydrogen-bond donors (Lipinski definition) is 0. The normalized spacial score (nSPS) is 14.3. The van der Waals surface area contributed by atoms with Crippen LogP contribution in [0.4, 0.5) is 81.6 Å². The molecule has 0 bridgehead atoms. The molecule has 0 aliphatic heterocycles. The highest BCUT2D eigenvalue weighted by molar-refractivity contribution is 5.43. The van der Waals surface area contributed by atoms with E-state index < -0.39 is 67.5 Å². The van der Waals surface area contributed by atoms with Crippen LogP contribution < -0.4 is 4.74 Å². The van der Waals surface area contributed by atoms with Crippen LogP contribution in [0, 0.1) is 0 Å². The second-order valence-electron chi connectivity index (χ2n) is 8.16. The molecule has 0 unspecified atom stereocenters. The van der Waals surface area contributed by atoms with Crippen molar-refractivity contribution in [3.8, 4) is 5.75 Å². The van der Waals surface area contributed by atoms with E-state index in [9.17, 15) is 70.2 Å². The first-order valence-electron chi connectivity index (χ1n) is 10.7. The average molecular weight is 642 g/mol. The highest BCUT2D eigenvalue weighted by atomic mass is 19.4. The van der Waals surface area contributed by atoms with Gasteiger partial charge in [0.05, 0.1) is 18.0 Å². The molecule has 0 aromatic heterocycles. The Morgan fingerprint density at radius 3 is 1.40 bits per heavy atom. The molecule has 4 nitrogen and oxygen atoms in total. The Morgan fingerprint density at radius 1 is 0.571 bits per heavy atom. The van der Waals surface area contributed by atoms with Gasteiger partial charge >= 0.3 is 48.6 Å². The van der Waals surface area contributed by atoms with Gasteiger partial charge in [0.2, 0.25) is 0 Å². The third kappa shape index (κ3) is 7.00. The summed E-state index contributed by atoms with van der Waals surface area (Å²) < 4.78 is 215. The van der Waals surface area contributed by atoms with Crippen LogP contribution in [0.5, 0.6) is 5.75 Å². The Bertz CT molecular complexity index is 1110. The molecule has 0 aliphatic carbocycles. The van der Waals surface area contributed by atoms with Gasteiger partial charge < -0.3 is 9.47 Å². The van der Waals surface area contributed by atoms with Crippen LogP contribution in [0.3, 0.4) is 0 Å². The van der Waals surface area contributed by atoms with Crippen molar-refractivity contribution in [2.45, 2.75) is 55.2 Å². The van der Waals surface area contributed by atoms with Crippen LogP contribution >= 0.6 is 0 Å². The van der Waals surface area contributed by atoms with E-state index in [1.54, 1.807) is 0 Å². The average Bonchev–Trinajstić information content (AvgIpc) is 2.90. The highest BCUT2D eigenvalue weighted by Crippen LogP contribution is 2.50. The SMILES string of the molecule is FC(F)C(F)(F)C(F)(F)C(F)(F)COc1ccc(/N=N/c2ccc(COC(F)(F)C(F)(F)C(F)(F)C(F)F)cc2)cc1. The Hall–Kier alpha value is -3.32. The van der Waals surface area contributed by atoms with Crippen molar-refractivity contribution >= 4 is 11.4 Å². The summed E-state index contributed by atoms with van der Waals surface area (Å²) in [5.74, 6) is -32.1. The van der Waals surface area contributed by atoms with Crippen molar-refractivity contribution in [1.82, 2.24) is 0 Å². The maximum atomic E-state index is 13.5. The summed E-state index contributed by atoms with van der Waals surface area (Å²) in [6.07, 6.45) is -16.2. The van der Waals surface area contributed by atoms with E-state index in [1.165, 1.54) is 0 Å². The number of nitrogens with zero attached hydrogens (tertiary/aromatic N) is 2. The van der Waals surface area contributed by atoms with Crippen molar-refractivity contribution in [2.75, 3.05) is 6.61 Å². The molecule has 0 atom stereocenters. The first kappa shape index (κ1) is 34.9. The minimum atomic E-state index is -6.56. The first-order valence-corrected chi connectivity index (χ1v) is 10.7. The van der Waals surface area contributed by atoms with Gasteiger partial charge in [-0.1, -0.05) is 12.1 Å². The molecule has 2 aromatic rings. The molecule has 0 heterocycles. The zero-order valence-electron chi connectivity index (χ0n) is 19.9. The van der Waals surface area contributed by atoms with Crippen LogP contribution in [0.1, 0.15) is 5.56 Å². The van der Waals surface area contributed by atoms with Crippen molar-refractivity contribution < 1.29 is 79.7 Å². The van der Waals surface area contributed by atoms with Crippen molar-refractivity contribution in [3.63, 3.8) is 0 Å². The zero-order chi connectivity index (χ0) is 32.4. The van der Waals surface area contributed by atoms with Gasteiger partial charge in [0.1, 0.15) is 5.75 Å². The molecule has 0 fully saturated rings. The number of azo groups is 1. The van der Waals surface area contributed by atoms with Crippen molar-refractivity contribution in [3.05, 3.63) is 54.1 Å². The third-order valence-electron chi connectivity index (χ3n) is 5.10. The summed E-state index contributed by atoms with van der Waals surface area (Å²) in [5.41, 5.74) is -0.444. The topological polar surface area (TPSA) is 43.2 Å². The molecule has 0 aliphatic rings. The van der Waals surface area contributed by atoms with Gasteiger partial charge in [-0.25, -0.2) is 17.6 Å². The molecule has 0 N–H and O–H groups in total. The van der Waals surface area contributed by atoms with Gasteiger partial charge in [0.25, 0.3) is 0 Å². The lowest BCUT2D eigenvalue weighted by Crippen LogP contribution is -2.59. The van der Waals surface area contributed by atoms with E-state index in [0.29, 0.717) is 0 Å². The molecule has 20 heteroatoms. The molecular weight excluding hydrogens is 628 g/mol. The summed E-state index contributed by atoms with van der Waals surface area (Å²) in [5, 5.41) is 7.25. The minimum Gasteiger partial charge on any atom is -0.487 e. The number of ether oxygens (including phenoxy) is 2. The van der Waals surface area contributed by atoms with Crippen molar-refractivity contribution in [2.24, 2.45) is 10.2 Å². The van der Waals surface area contributed by atoms with E-state index in [-0.39, 0.29) is 16.9 Å². The molecule has 236 valence electrons. The fraction of sp³-hybridized carbons (Fsp3) is 0.455. The molecule has 0 saturated heterocycles. The van der Waals surface area contributed by atoms with Gasteiger partial charge in [0.15, 0.2) is 6.61 Å². The smallest absolute Gasteiger partial charge is 0.426 e. The number of benzene rings is 2. The molecule has 2 aromatic carbocycles. The summed E-state index contributed by atoms with van der Waals surface area (Å²) in [6.45, 7) is -3.83. The zero-order valence-corrected chi connectivity index (χ0v) is 19.9. The van der Waals surface area contributed by atoms with Gasteiger partial charge in [0, 0.05) is 0 Å². The Morgan fingerprint density at radius 2 is 0.976 bits per heavy atom. The maximum absolute atomic E-state index is 13.5. The summed E-state index contributed by atoms with van der Waals surface area (Å²) >= 11 is 0. The summed E-state index contributed by atoms with van der Waals surface area (Å²) in [4.78, 5) is 0. The van der Waals surface area contributed by atoms with Crippen LogP contribution in [-0.2, 0) is 11.3 Å². The van der Waals surface area contributed by atoms with E-state index in [2.05, 4.69) is 19.7 Å². The molecule has 42 heavy (non-hydrogen) atoms. The van der Waals surface area contributed by atoms with E-state index >= 15 is 0 Å². The largest absolute Gasteiger partial charge is 0.487 e. The van der Waals surface area contributed by atoms with Gasteiger partial charge in [-0.05, 0) is 42.0 Å². The Kier molecular flexibility index (Phi) is 10.1. The lowest BCUT2D eigenvalue weighted by atomic mass is 10.1. The molecular formula is C22H14F16N2O2. The van der Waals surface area contributed by atoms with Crippen LogP contribution in [0.15, 0.2) is 58.8 Å². The van der Waals surface area contributed by atoms with E-state index in [0.717, 1.165) is 48.5 Å². The molecule has 2 rings (SSSR count). The second kappa shape index (κ2) is 12.1. The van der Waals surface area contributed by atoms with Crippen LogP contribution in [0.25, 0.3) is 0 Å². The van der Waals surface area contributed by atoms with Crippen LogP contribution in [0.2, 0.25) is 0 Å². The number of rotatable bonds is 14. The van der Waals surface area contributed by atoms with E-state index in [1.807, 2.05) is 0 Å². The predicted octanol–water partition coefficient (Wildman–Crippen LogP) is 9.30. The molecule has 0 saturated carbocycles. The molecule has 0 spiro atoms. The molecule has 0 radical (unpaired) electrons. The summed E-state index contributed by atoms with van der Waals surface area (Å²) in [7, 11) is 0. The number of hydrogen-bond acceptors (Lipinski definition) is 4. The lowest BCUT2D eigenvalue weighted by molar-refractivity contribution is -0.415. The number of halogens is 16. The monoisotopic (exact) mass is 642 g/mol. The predicted molar refractivity (Wildman–Crippen MR) is 109 cm³/mol. The second-order valence-corrected chi connectivity index (χ2v) is 8.16. The van der Waals surface area contributed by atoms with Gasteiger partial charge in [-0.2, -0.15) is 62.9 Å². The Balaban J connectivity index is 1.99. The standard InChI is InChI=1S/C22H14F16N2O2/c23-15(24)18(29,30)20(33,34)17(27,28)10-41-14-7-5-13(6-8-14)40-39-12-3-1-11(2-4-12)9-42-22(37,38)21(35,36)19(31,32)16(25)26/h1-8,15-16H,9-10H2/b40-39+. The number of alkyl halides is 16. The maximum Gasteiger partial charge on any atom is 0.426 e. The van der Waals surface area contributed by atoms with Crippen LogP contribution in [-0.4, -0.2) is 55.2 Å². The van der Waals surface area contributed by atoms with Crippen molar-refractivity contribution in [1.29, 1.82) is 0 Å². The van der Waals surface area contributed by atoms with E-state index in [4.69, 9.17) is 0 Å². The fourth-order valence-corrected chi connectivity index (χ4v) is 2.62. The Labute approximate surface area is 223 Å². The minimum absolute atomic E-state index is 0.0535. The van der Waals surface area contributed by atoms with Gasteiger partial charge in [-0.3, -0.25) is 0 Å². The third-order valence-corrected chi connectivity index (χ3v) is 5.10. The lowest BCUT2D eigenvalue weighted by Gasteiger charge is -2.31. The first-order chi connectivity index (χ1) is 19.0. The molecule has 0 amide bonds. The quantitative estimate of drug-likeness (QED) is 0.152. The van der Waals surface area contributed by atoms with Gasteiger partial charge in [-0.15, -0.1) is 0 Å².